The first kappa shape index (κ1) is 12.3. The minimum Gasteiger partial charge on any atom is -0.488 e. The third kappa shape index (κ3) is 2.13. The van der Waals surface area contributed by atoms with Crippen LogP contribution in [0.25, 0.3) is 11.0 Å². The summed E-state index contributed by atoms with van der Waals surface area (Å²) >= 11 is 0. The molecular formula is C13H11N4O3-. The Morgan fingerprint density at radius 1 is 1.35 bits per heavy atom. The molecule has 7 heteroatoms. The zero-order valence-corrected chi connectivity index (χ0v) is 11.0. The van der Waals surface area contributed by atoms with Gasteiger partial charge in [-0.3, -0.25) is 10.3 Å². The molecule has 20 heavy (non-hydrogen) atoms. The van der Waals surface area contributed by atoms with E-state index in [4.69, 9.17) is 9.15 Å². The summed E-state index contributed by atoms with van der Waals surface area (Å²) in [6, 6.07) is 5.16. The lowest BCUT2D eigenvalue weighted by Gasteiger charge is -2.11. The Balaban J connectivity index is 2.00. The number of hydrogen-bond donors (Lipinski definition) is 0. The lowest BCUT2D eigenvalue weighted by Crippen LogP contribution is -2.02. The fourth-order valence-electron chi connectivity index (χ4n) is 2.02. The molecule has 0 radical (unpaired) electrons. The lowest BCUT2D eigenvalue weighted by molar-refractivity contribution is 0.293. The van der Waals surface area contributed by atoms with Crippen molar-refractivity contribution in [2.45, 2.75) is 20.5 Å². The molecule has 0 aliphatic carbocycles. The van der Waals surface area contributed by atoms with Crippen LogP contribution in [0.5, 0.6) is 5.75 Å². The quantitative estimate of drug-likeness (QED) is 0.659. The Kier molecular flexibility index (Phi) is 2.94. The van der Waals surface area contributed by atoms with Crippen molar-refractivity contribution >= 4 is 11.0 Å². The molecule has 0 aliphatic rings. The fraction of sp³-hybridized carbons (Fsp3) is 0.231. The summed E-state index contributed by atoms with van der Waals surface area (Å²) in [5, 5.41) is 15.0. The molecular weight excluding hydrogens is 260 g/mol. The standard InChI is InChI=1S/C13H11N4O3/c1-7-5-12(18)20-13-8(2)10(4-3-9(7)13)19-6-11-14-16-17-15-11/h3-5H,6H2,1-2H3/q-1. The van der Waals surface area contributed by atoms with Crippen molar-refractivity contribution < 1.29 is 9.15 Å². The zero-order valence-electron chi connectivity index (χ0n) is 11.0. The van der Waals surface area contributed by atoms with Crippen LogP contribution in [-0.4, -0.2) is 15.5 Å². The SMILES string of the molecule is Cc1cc(=O)oc2c(C)c(OCc3nnn[n-]3)ccc12. The van der Waals surface area contributed by atoms with Crippen molar-refractivity contribution in [2.75, 3.05) is 0 Å². The van der Waals surface area contributed by atoms with Crippen LogP contribution in [0.4, 0.5) is 0 Å². The van der Waals surface area contributed by atoms with Crippen molar-refractivity contribution in [1.29, 1.82) is 0 Å². The monoisotopic (exact) mass is 271 g/mol. The van der Waals surface area contributed by atoms with Gasteiger partial charge in [-0.2, -0.15) is 5.21 Å². The highest BCUT2D eigenvalue weighted by molar-refractivity contribution is 5.84. The van der Waals surface area contributed by atoms with Gasteiger partial charge in [0.15, 0.2) is 0 Å². The topological polar surface area (TPSA) is 92.2 Å². The maximum atomic E-state index is 11.5. The summed E-state index contributed by atoms with van der Waals surface area (Å²) < 4.78 is 10.9. The molecule has 2 aromatic heterocycles. The second kappa shape index (κ2) is 4.76. The highest BCUT2D eigenvalue weighted by Gasteiger charge is 2.10. The number of hydrogen-bond acceptors (Lipinski definition) is 6. The van der Waals surface area contributed by atoms with E-state index in [9.17, 15) is 4.79 Å². The maximum absolute atomic E-state index is 11.5. The second-order valence-electron chi connectivity index (χ2n) is 4.40. The van der Waals surface area contributed by atoms with E-state index >= 15 is 0 Å². The van der Waals surface area contributed by atoms with Crippen LogP contribution in [-0.2, 0) is 6.61 Å². The number of aryl methyl sites for hydroxylation is 2. The highest BCUT2D eigenvalue weighted by Crippen LogP contribution is 2.28. The number of nitrogens with zero attached hydrogens (tertiary/aromatic N) is 4. The molecule has 2 heterocycles. The first-order chi connectivity index (χ1) is 9.65. The number of ether oxygens (including phenoxy) is 1. The molecule has 0 spiro atoms. The van der Waals surface area contributed by atoms with Crippen molar-refractivity contribution in [2.24, 2.45) is 0 Å². The first-order valence-corrected chi connectivity index (χ1v) is 5.99. The molecule has 0 unspecified atom stereocenters. The number of benzene rings is 1. The Labute approximate surface area is 113 Å². The van der Waals surface area contributed by atoms with Crippen LogP contribution in [0.2, 0.25) is 0 Å². The summed E-state index contributed by atoms with van der Waals surface area (Å²) in [5.41, 5.74) is 1.80. The number of tetrazole rings is 1. The van der Waals surface area contributed by atoms with Crippen LogP contribution in [0.15, 0.2) is 27.4 Å². The average molecular weight is 271 g/mol. The van der Waals surface area contributed by atoms with Gasteiger partial charge < -0.3 is 14.3 Å². The minimum absolute atomic E-state index is 0.162. The molecule has 0 aliphatic heterocycles. The molecule has 0 bridgehead atoms. The van der Waals surface area contributed by atoms with Gasteiger partial charge in [0.1, 0.15) is 17.9 Å². The Bertz CT molecular complexity index is 808. The van der Waals surface area contributed by atoms with E-state index in [1.165, 1.54) is 6.07 Å². The summed E-state index contributed by atoms with van der Waals surface area (Å²) in [6.07, 6.45) is 0. The van der Waals surface area contributed by atoms with Gasteiger partial charge in [-0.15, -0.1) is 0 Å². The average Bonchev–Trinajstić information content (AvgIpc) is 2.92. The van der Waals surface area contributed by atoms with Gasteiger partial charge in [0.25, 0.3) is 0 Å². The van der Waals surface area contributed by atoms with Crippen molar-refractivity contribution in [3.63, 3.8) is 0 Å². The van der Waals surface area contributed by atoms with Gasteiger partial charge in [-0.25, -0.2) is 4.79 Å². The molecule has 0 N–H and O–H groups in total. The van der Waals surface area contributed by atoms with Gasteiger partial charge in [0.2, 0.25) is 0 Å². The highest BCUT2D eigenvalue weighted by atomic mass is 16.5. The molecule has 0 atom stereocenters. The number of fused-ring (bicyclic) bond motifs is 1. The Morgan fingerprint density at radius 2 is 2.20 bits per heavy atom. The summed E-state index contributed by atoms with van der Waals surface area (Å²) in [4.78, 5) is 11.5. The van der Waals surface area contributed by atoms with Crippen molar-refractivity contribution in [3.8, 4) is 5.75 Å². The molecule has 102 valence electrons. The first-order valence-electron chi connectivity index (χ1n) is 5.99. The maximum Gasteiger partial charge on any atom is 0.336 e. The second-order valence-corrected chi connectivity index (χ2v) is 4.40. The van der Waals surface area contributed by atoms with Gasteiger partial charge in [0.05, 0.1) is 0 Å². The van der Waals surface area contributed by atoms with Crippen LogP contribution in [0, 0.1) is 13.8 Å². The largest absolute Gasteiger partial charge is 0.488 e. The Hall–Kier alpha value is -2.70. The van der Waals surface area contributed by atoms with E-state index in [0.717, 1.165) is 16.5 Å². The smallest absolute Gasteiger partial charge is 0.336 e. The van der Waals surface area contributed by atoms with Crippen molar-refractivity contribution in [1.82, 2.24) is 20.6 Å². The zero-order chi connectivity index (χ0) is 14.1. The number of rotatable bonds is 3. The molecule has 0 fully saturated rings. The van der Waals surface area contributed by atoms with Crippen LogP contribution in [0.1, 0.15) is 17.0 Å². The molecule has 0 saturated heterocycles. The molecule has 0 saturated carbocycles. The van der Waals surface area contributed by atoms with E-state index < -0.39 is 0 Å². The Morgan fingerprint density at radius 3 is 2.95 bits per heavy atom. The minimum atomic E-state index is -0.372. The summed E-state index contributed by atoms with van der Waals surface area (Å²) in [7, 11) is 0. The van der Waals surface area contributed by atoms with E-state index in [-0.39, 0.29) is 12.2 Å². The van der Waals surface area contributed by atoms with Crippen LogP contribution >= 0.6 is 0 Å². The lowest BCUT2D eigenvalue weighted by atomic mass is 10.1. The molecule has 1 aromatic carbocycles. The summed E-state index contributed by atoms with van der Waals surface area (Å²) in [6.45, 7) is 3.87. The van der Waals surface area contributed by atoms with E-state index in [0.29, 0.717) is 17.2 Å². The third-order valence-electron chi connectivity index (χ3n) is 3.04. The van der Waals surface area contributed by atoms with E-state index in [2.05, 4.69) is 20.6 Å². The summed E-state index contributed by atoms with van der Waals surface area (Å²) in [5.74, 6) is 1.01. The predicted molar refractivity (Wildman–Crippen MR) is 69.4 cm³/mol. The van der Waals surface area contributed by atoms with Gasteiger partial charge in [0, 0.05) is 22.8 Å². The van der Waals surface area contributed by atoms with Crippen LogP contribution < -0.4 is 15.5 Å². The molecule has 7 nitrogen and oxygen atoms in total. The van der Waals surface area contributed by atoms with Crippen LogP contribution in [0.3, 0.4) is 0 Å². The van der Waals surface area contributed by atoms with Gasteiger partial charge >= 0.3 is 5.63 Å². The predicted octanol–water partition coefficient (Wildman–Crippen LogP) is 1.13. The molecule has 3 aromatic rings. The van der Waals surface area contributed by atoms with E-state index in [1.54, 1.807) is 0 Å². The molecule has 0 amide bonds. The van der Waals surface area contributed by atoms with Gasteiger partial charge in [-0.05, 0) is 31.5 Å². The number of aromatic nitrogens is 4. The third-order valence-corrected chi connectivity index (χ3v) is 3.04. The van der Waals surface area contributed by atoms with Gasteiger partial charge in [-0.1, -0.05) is 0 Å². The molecule has 3 rings (SSSR count). The van der Waals surface area contributed by atoms with E-state index in [1.807, 2.05) is 26.0 Å². The normalized spacial score (nSPS) is 10.9. The van der Waals surface area contributed by atoms with Crippen molar-refractivity contribution in [3.05, 3.63) is 45.6 Å². The fourth-order valence-corrected chi connectivity index (χ4v) is 2.02.